The van der Waals surface area contributed by atoms with Crippen molar-refractivity contribution in [3.63, 3.8) is 0 Å². The van der Waals surface area contributed by atoms with Gasteiger partial charge in [-0.05, 0) is 57.4 Å². The number of aliphatic imine (C=N–C) groups is 1. The lowest BCUT2D eigenvalue weighted by atomic mass is 10.0. The molecule has 0 aromatic heterocycles. The number of nitrogens with one attached hydrogen (secondary N) is 2. The summed E-state index contributed by atoms with van der Waals surface area (Å²) in [5.41, 5.74) is 1.77. The zero-order valence-electron chi connectivity index (χ0n) is 17.5. The lowest BCUT2D eigenvalue weighted by Gasteiger charge is -2.33. The molecule has 1 aromatic rings. The Hall–Kier alpha value is -0.870. The Bertz CT molecular complexity index is 753. The average molecular weight is 522 g/mol. The number of sulfone groups is 1. The minimum atomic E-state index is -3.18. The van der Waals surface area contributed by atoms with Crippen LogP contribution in [0.15, 0.2) is 28.1 Å². The largest absolute Gasteiger partial charge is 0.357 e. The number of halogens is 1. The third kappa shape index (κ3) is 7.87. The van der Waals surface area contributed by atoms with E-state index in [4.69, 9.17) is 0 Å². The van der Waals surface area contributed by atoms with Crippen molar-refractivity contribution in [2.45, 2.75) is 57.5 Å². The van der Waals surface area contributed by atoms with Gasteiger partial charge in [0.2, 0.25) is 0 Å². The van der Waals surface area contributed by atoms with Crippen molar-refractivity contribution in [2.24, 2.45) is 4.99 Å². The minimum absolute atomic E-state index is 0. The van der Waals surface area contributed by atoms with Crippen LogP contribution in [0.3, 0.4) is 0 Å². The predicted molar refractivity (Wildman–Crippen MR) is 127 cm³/mol. The van der Waals surface area contributed by atoms with Gasteiger partial charge in [-0.1, -0.05) is 18.6 Å². The van der Waals surface area contributed by atoms with E-state index in [2.05, 4.69) is 34.4 Å². The Morgan fingerprint density at radius 3 is 2.64 bits per heavy atom. The lowest BCUT2D eigenvalue weighted by molar-refractivity contribution is 0.163. The molecule has 0 radical (unpaired) electrons. The molecular weight excluding hydrogens is 487 g/mol. The van der Waals surface area contributed by atoms with Gasteiger partial charge in [-0.25, -0.2) is 13.4 Å². The molecular formula is C20H35IN4O2S. The van der Waals surface area contributed by atoms with E-state index in [1.54, 1.807) is 6.07 Å². The minimum Gasteiger partial charge on any atom is -0.357 e. The van der Waals surface area contributed by atoms with Crippen LogP contribution in [0.25, 0.3) is 0 Å². The molecule has 2 N–H and O–H groups in total. The first-order chi connectivity index (χ1) is 12.8. The molecule has 1 aliphatic heterocycles. The maximum atomic E-state index is 11.7. The summed E-state index contributed by atoms with van der Waals surface area (Å²) in [6, 6.07) is 6.08. The second kappa shape index (κ2) is 12.0. The van der Waals surface area contributed by atoms with E-state index in [1.807, 2.05) is 19.1 Å². The second-order valence-electron chi connectivity index (χ2n) is 7.37. The van der Waals surface area contributed by atoms with Crippen LogP contribution in [0.1, 0.15) is 44.2 Å². The van der Waals surface area contributed by atoms with Crippen molar-refractivity contribution in [2.75, 3.05) is 32.4 Å². The van der Waals surface area contributed by atoms with E-state index in [1.165, 1.54) is 32.1 Å². The molecule has 0 amide bonds. The summed E-state index contributed by atoms with van der Waals surface area (Å²) in [6.45, 7) is 10.6. The molecule has 2 rings (SSSR count). The number of likely N-dealkylation sites (tertiary alicyclic amines) is 1. The Balaban J connectivity index is 0.00000392. The summed E-state index contributed by atoms with van der Waals surface area (Å²) >= 11 is 0. The number of hydrogen-bond acceptors (Lipinski definition) is 4. The lowest BCUT2D eigenvalue weighted by Crippen LogP contribution is -2.45. The maximum Gasteiger partial charge on any atom is 0.191 e. The molecule has 1 aliphatic rings. The van der Waals surface area contributed by atoms with E-state index in [0.717, 1.165) is 36.7 Å². The topological polar surface area (TPSA) is 73.8 Å². The Morgan fingerprint density at radius 2 is 2.04 bits per heavy atom. The molecule has 0 bridgehead atoms. The van der Waals surface area contributed by atoms with Crippen molar-refractivity contribution >= 4 is 39.8 Å². The Morgan fingerprint density at radius 1 is 1.29 bits per heavy atom. The molecule has 8 heteroatoms. The molecule has 1 fully saturated rings. The average Bonchev–Trinajstić information content (AvgIpc) is 2.60. The number of nitrogens with zero attached hydrogens (tertiary/aromatic N) is 2. The third-order valence-electron chi connectivity index (χ3n) is 5.03. The highest BCUT2D eigenvalue weighted by Gasteiger charge is 2.17. The molecule has 0 saturated carbocycles. The number of rotatable bonds is 7. The van der Waals surface area contributed by atoms with Crippen LogP contribution in [0.5, 0.6) is 0 Å². The molecule has 160 valence electrons. The first-order valence-electron chi connectivity index (χ1n) is 9.87. The van der Waals surface area contributed by atoms with Crippen molar-refractivity contribution < 1.29 is 8.42 Å². The van der Waals surface area contributed by atoms with Gasteiger partial charge in [0.1, 0.15) is 0 Å². The summed E-state index contributed by atoms with van der Waals surface area (Å²) in [5, 5.41) is 6.69. The first kappa shape index (κ1) is 25.2. The smallest absolute Gasteiger partial charge is 0.191 e. The molecule has 28 heavy (non-hydrogen) atoms. The van der Waals surface area contributed by atoms with E-state index < -0.39 is 9.84 Å². The van der Waals surface area contributed by atoms with Gasteiger partial charge in [-0.3, -0.25) is 4.90 Å². The quantitative estimate of drug-likeness (QED) is 0.327. The van der Waals surface area contributed by atoms with Gasteiger partial charge < -0.3 is 10.6 Å². The van der Waals surface area contributed by atoms with Crippen LogP contribution >= 0.6 is 24.0 Å². The zero-order chi connectivity index (χ0) is 19.9. The highest BCUT2D eigenvalue weighted by molar-refractivity contribution is 14.0. The molecule has 0 spiro atoms. The molecule has 1 heterocycles. The monoisotopic (exact) mass is 522 g/mol. The Labute approximate surface area is 187 Å². The molecule has 1 aromatic carbocycles. The highest BCUT2D eigenvalue weighted by atomic mass is 127. The number of aryl methyl sites for hydroxylation is 1. The SMILES string of the molecule is CCNC(=NCc1ccc(S(C)(=O)=O)c(C)c1)NCCN1CCCCC1C.I. The fourth-order valence-electron chi connectivity index (χ4n) is 3.55. The van der Waals surface area contributed by atoms with Gasteiger partial charge in [0.25, 0.3) is 0 Å². The van der Waals surface area contributed by atoms with Crippen LogP contribution in [0.2, 0.25) is 0 Å². The van der Waals surface area contributed by atoms with Gasteiger partial charge in [0.05, 0.1) is 11.4 Å². The van der Waals surface area contributed by atoms with E-state index in [-0.39, 0.29) is 24.0 Å². The fourth-order valence-corrected chi connectivity index (χ4v) is 4.50. The zero-order valence-corrected chi connectivity index (χ0v) is 20.6. The number of guanidine groups is 1. The van der Waals surface area contributed by atoms with Gasteiger partial charge in [-0.2, -0.15) is 0 Å². The van der Waals surface area contributed by atoms with Crippen molar-refractivity contribution in [1.82, 2.24) is 15.5 Å². The number of piperidine rings is 1. The normalized spacial score (nSPS) is 18.4. The first-order valence-corrected chi connectivity index (χ1v) is 11.8. The molecule has 1 saturated heterocycles. The molecule has 6 nitrogen and oxygen atoms in total. The van der Waals surface area contributed by atoms with Gasteiger partial charge in [0, 0.05) is 31.9 Å². The van der Waals surface area contributed by atoms with Crippen LogP contribution in [0, 0.1) is 6.92 Å². The molecule has 0 aliphatic carbocycles. The van der Waals surface area contributed by atoms with Crippen molar-refractivity contribution in [3.05, 3.63) is 29.3 Å². The van der Waals surface area contributed by atoms with Crippen LogP contribution in [0.4, 0.5) is 0 Å². The number of hydrogen-bond donors (Lipinski definition) is 2. The summed E-state index contributed by atoms with van der Waals surface area (Å²) in [5.74, 6) is 0.798. The predicted octanol–water partition coefficient (Wildman–Crippen LogP) is 2.95. The number of benzene rings is 1. The van der Waals surface area contributed by atoms with Gasteiger partial charge in [0.15, 0.2) is 15.8 Å². The molecule has 1 atom stereocenters. The van der Waals surface area contributed by atoms with Crippen LogP contribution in [-0.2, 0) is 16.4 Å². The maximum absolute atomic E-state index is 11.7. The third-order valence-corrected chi connectivity index (χ3v) is 6.29. The summed E-state index contributed by atoms with van der Waals surface area (Å²) in [4.78, 5) is 7.56. The standard InChI is InChI=1S/C20H34N4O2S.HI/c1-5-21-20(22-11-13-24-12-7-6-8-17(24)3)23-15-18-9-10-19(16(2)14-18)27(4,25)26;/h9-10,14,17H,5-8,11-13,15H2,1-4H3,(H2,21,22,23);1H. The second-order valence-corrected chi connectivity index (χ2v) is 9.36. The van der Waals surface area contributed by atoms with Crippen molar-refractivity contribution in [3.8, 4) is 0 Å². The van der Waals surface area contributed by atoms with Crippen LogP contribution < -0.4 is 10.6 Å². The highest BCUT2D eigenvalue weighted by Crippen LogP contribution is 2.17. The van der Waals surface area contributed by atoms with Gasteiger partial charge >= 0.3 is 0 Å². The van der Waals surface area contributed by atoms with Crippen molar-refractivity contribution in [1.29, 1.82) is 0 Å². The summed E-state index contributed by atoms with van der Waals surface area (Å²) < 4.78 is 23.5. The summed E-state index contributed by atoms with van der Waals surface area (Å²) in [6.07, 6.45) is 5.16. The van der Waals surface area contributed by atoms with E-state index in [0.29, 0.717) is 17.5 Å². The van der Waals surface area contributed by atoms with E-state index >= 15 is 0 Å². The van der Waals surface area contributed by atoms with Gasteiger partial charge in [-0.15, -0.1) is 24.0 Å². The Kier molecular flexibility index (Phi) is 10.8. The fraction of sp³-hybridized carbons (Fsp3) is 0.650. The van der Waals surface area contributed by atoms with Crippen LogP contribution in [-0.4, -0.2) is 57.8 Å². The molecule has 1 unspecified atom stereocenters. The summed E-state index contributed by atoms with van der Waals surface area (Å²) in [7, 11) is -3.18. The van der Waals surface area contributed by atoms with E-state index in [9.17, 15) is 8.42 Å².